The van der Waals surface area contributed by atoms with E-state index in [0.29, 0.717) is 37.7 Å². The first-order valence-corrected chi connectivity index (χ1v) is 25.1. The van der Waals surface area contributed by atoms with Crippen molar-refractivity contribution in [2.45, 2.75) is 226 Å². The first-order chi connectivity index (χ1) is 26.9. The number of carbonyl (C=O) groups excluding carboxylic acids is 3. The molecule has 55 heavy (non-hydrogen) atoms. The first-order valence-electron chi connectivity index (χ1n) is 23.9. The maximum atomic E-state index is 13.9. The lowest BCUT2D eigenvalue weighted by molar-refractivity contribution is -0.143. The molecule has 0 saturated carbocycles. The van der Waals surface area contributed by atoms with E-state index in [2.05, 4.69) is 43.4 Å². The average Bonchev–Trinajstić information content (AvgIpc) is 3.18. The molecule has 1 fully saturated rings. The zero-order valence-electron chi connectivity index (χ0n) is 36.9. The number of thioether (sulfide) groups is 1. The minimum Gasteiger partial charge on any atom is -0.466 e. The minimum atomic E-state index is -0.537. The van der Waals surface area contributed by atoms with Crippen LogP contribution in [0, 0.1) is 11.8 Å². The van der Waals surface area contributed by atoms with Crippen LogP contribution in [0.3, 0.4) is 0 Å². The van der Waals surface area contributed by atoms with Gasteiger partial charge in [0.25, 0.3) is 0 Å². The molecule has 8 heteroatoms. The normalized spacial score (nSPS) is 14.8. The molecule has 0 bridgehead atoms. The van der Waals surface area contributed by atoms with Gasteiger partial charge in [-0.2, -0.15) is 11.8 Å². The molecule has 0 spiro atoms. The van der Waals surface area contributed by atoms with Crippen LogP contribution in [0.4, 0.5) is 0 Å². The topological polar surface area (TPSA) is 87.7 Å². The van der Waals surface area contributed by atoms with E-state index in [4.69, 9.17) is 4.74 Å². The van der Waals surface area contributed by atoms with E-state index in [-0.39, 0.29) is 23.7 Å². The highest BCUT2D eigenvalue weighted by Crippen LogP contribution is 2.21. The van der Waals surface area contributed by atoms with Crippen molar-refractivity contribution in [3.05, 3.63) is 0 Å². The second kappa shape index (κ2) is 38.2. The van der Waals surface area contributed by atoms with Gasteiger partial charge in [0.2, 0.25) is 11.8 Å². The Morgan fingerprint density at radius 1 is 0.600 bits per heavy atom. The van der Waals surface area contributed by atoms with Crippen LogP contribution in [0.15, 0.2) is 0 Å². The lowest BCUT2D eigenvalue weighted by atomic mass is 9.92. The lowest BCUT2D eigenvalue weighted by Crippen LogP contribution is -2.50. The van der Waals surface area contributed by atoms with Crippen molar-refractivity contribution in [1.29, 1.82) is 0 Å². The highest BCUT2D eigenvalue weighted by Gasteiger charge is 2.26. The number of ether oxygens (including phenoxy) is 1. The van der Waals surface area contributed by atoms with Crippen molar-refractivity contribution in [2.24, 2.45) is 11.8 Å². The van der Waals surface area contributed by atoms with Crippen LogP contribution in [0.1, 0.15) is 220 Å². The smallest absolute Gasteiger partial charge is 0.306 e. The average molecular weight is 794 g/mol. The highest BCUT2D eigenvalue weighted by molar-refractivity contribution is 7.99. The van der Waals surface area contributed by atoms with Crippen LogP contribution in [-0.2, 0) is 19.1 Å². The van der Waals surface area contributed by atoms with Crippen molar-refractivity contribution in [1.82, 2.24) is 15.5 Å². The monoisotopic (exact) mass is 794 g/mol. The van der Waals surface area contributed by atoms with Gasteiger partial charge in [-0.25, -0.2) is 0 Å². The van der Waals surface area contributed by atoms with E-state index < -0.39 is 6.04 Å². The minimum absolute atomic E-state index is 0.0295. The molecule has 1 aliphatic heterocycles. The van der Waals surface area contributed by atoms with Gasteiger partial charge in [-0.15, -0.1) is 0 Å². The second-order valence-corrected chi connectivity index (χ2v) is 18.2. The second-order valence-electron chi connectivity index (χ2n) is 17.0. The van der Waals surface area contributed by atoms with Crippen LogP contribution in [0.5, 0.6) is 0 Å². The Bertz CT molecular complexity index is 897. The van der Waals surface area contributed by atoms with Gasteiger partial charge in [-0.05, 0) is 70.3 Å². The fourth-order valence-electron chi connectivity index (χ4n) is 7.78. The summed E-state index contributed by atoms with van der Waals surface area (Å²) in [6.07, 6.45) is 36.5. The quantitative estimate of drug-likeness (QED) is 0.0476. The summed E-state index contributed by atoms with van der Waals surface area (Å²) >= 11 is 1.68. The van der Waals surface area contributed by atoms with E-state index >= 15 is 0 Å². The van der Waals surface area contributed by atoms with Crippen molar-refractivity contribution in [3.8, 4) is 0 Å². The molecule has 1 aliphatic rings. The van der Waals surface area contributed by atoms with Crippen LogP contribution in [-0.4, -0.2) is 73.5 Å². The third kappa shape index (κ3) is 31.4. The number of carbonyl (C=O) groups is 3. The zero-order chi connectivity index (χ0) is 40.0. The van der Waals surface area contributed by atoms with E-state index in [1.54, 1.807) is 11.8 Å². The predicted molar refractivity (Wildman–Crippen MR) is 238 cm³/mol. The fourth-order valence-corrected chi connectivity index (χ4v) is 8.70. The third-order valence-electron chi connectivity index (χ3n) is 11.7. The molecule has 0 aromatic heterocycles. The summed E-state index contributed by atoms with van der Waals surface area (Å²) in [4.78, 5) is 42.2. The summed E-state index contributed by atoms with van der Waals surface area (Å²) in [7, 11) is 2.16. The van der Waals surface area contributed by atoms with Gasteiger partial charge in [0.05, 0.1) is 13.0 Å². The number of amides is 2. The molecule has 1 heterocycles. The lowest BCUT2D eigenvalue weighted by Gasteiger charge is -2.29. The molecule has 2 amide bonds. The van der Waals surface area contributed by atoms with Crippen molar-refractivity contribution in [3.63, 3.8) is 0 Å². The molecular weight excluding hydrogens is 703 g/mol. The molecule has 0 aliphatic carbocycles. The molecule has 2 unspecified atom stereocenters. The number of hydrogen-bond donors (Lipinski definition) is 2. The van der Waals surface area contributed by atoms with Gasteiger partial charge < -0.3 is 20.3 Å². The fraction of sp³-hybridized carbons (Fsp3) is 0.936. The van der Waals surface area contributed by atoms with Gasteiger partial charge in [0.1, 0.15) is 6.04 Å². The first kappa shape index (κ1) is 51.7. The SMILES string of the molecule is CCCCCCCCCCCCCOC(=O)CCSCCC(NC(=O)C(CCCCCCCC)CCCCCCCCCC)C(=O)NCC1CCN(C)CC1. The summed E-state index contributed by atoms with van der Waals surface area (Å²) < 4.78 is 5.52. The van der Waals surface area contributed by atoms with E-state index in [1.165, 1.54) is 135 Å². The standard InChI is InChI=1S/C47H91N3O4S/c1-5-8-11-14-17-19-20-21-23-26-29-38-54-45(51)35-40-55-39-34-44(47(53)48-41-42-32-36-50(4)37-33-42)49-46(52)43(30-27-24-16-13-10-7-3)31-28-25-22-18-15-12-9-6-2/h42-44H,5-41H2,1-4H3,(H,48,53)(H,49,52). The number of rotatable bonds is 39. The van der Waals surface area contributed by atoms with Crippen LogP contribution >= 0.6 is 11.8 Å². The number of likely N-dealkylation sites (tertiary alicyclic amines) is 1. The van der Waals surface area contributed by atoms with E-state index in [1.807, 2.05) is 0 Å². The summed E-state index contributed by atoms with van der Waals surface area (Å²) in [5.41, 5.74) is 0. The third-order valence-corrected chi connectivity index (χ3v) is 12.7. The summed E-state index contributed by atoms with van der Waals surface area (Å²) in [6.45, 7) is 10.1. The Hall–Kier alpha value is -1.28. The summed E-state index contributed by atoms with van der Waals surface area (Å²) in [5, 5.41) is 6.47. The highest BCUT2D eigenvalue weighted by atomic mass is 32.2. The molecular formula is C47H91N3O4S. The molecule has 324 valence electrons. The Morgan fingerprint density at radius 3 is 1.55 bits per heavy atom. The van der Waals surface area contributed by atoms with E-state index in [9.17, 15) is 14.4 Å². The molecule has 1 rings (SSSR count). The summed E-state index contributed by atoms with van der Waals surface area (Å²) in [6, 6.07) is -0.537. The molecule has 2 atom stereocenters. The Kier molecular flexibility index (Phi) is 36.0. The molecule has 2 N–H and O–H groups in total. The Labute approximate surface area is 345 Å². The van der Waals surface area contributed by atoms with Crippen molar-refractivity contribution in [2.75, 3.05) is 44.8 Å². The van der Waals surface area contributed by atoms with Gasteiger partial charge in [-0.1, -0.05) is 175 Å². The molecule has 0 aromatic rings. The molecule has 7 nitrogen and oxygen atoms in total. The van der Waals surface area contributed by atoms with Gasteiger partial charge >= 0.3 is 5.97 Å². The maximum Gasteiger partial charge on any atom is 0.306 e. The van der Waals surface area contributed by atoms with Gasteiger partial charge in [0, 0.05) is 18.2 Å². The predicted octanol–water partition coefficient (Wildman–Crippen LogP) is 12.2. The summed E-state index contributed by atoms with van der Waals surface area (Å²) in [5.74, 6) is 1.74. The molecule has 0 radical (unpaired) electrons. The molecule has 0 aromatic carbocycles. The van der Waals surface area contributed by atoms with Gasteiger partial charge in [-0.3, -0.25) is 14.4 Å². The molecule has 1 saturated heterocycles. The Balaban J connectivity index is 2.55. The van der Waals surface area contributed by atoms with Crippen molar-refractivity contribution >= 4 is 29.5 Å². The zero-order valence-corrected chi connectivity index (χ0v) is 37.7. The number of nitrogens with zero attached hydrogens (tertiary/aromatic N) is 1. The van der Waals surface area contributed by atoms with Crippen LogP contribution in [0.2, 0.25) is 0 Å². The number of hydrogen-bond acceptors (Lipinski definition) is 6. The van der Waals surface area contributed by atoms with Crippen LogP contribution in [0.25, 0.3) is 0 Å². The maximum absolute atomic E-state index is 13.9. The van der Waals surface area contributed by atoms with Gasteiger partial charge in [0.15, 0.2) is 0 Å². The van der Waals surface area contributed by atoms with E-state index in [0.717, 1.165) is 70.2 Å². The van der Waals surface area contributed by atoms with Crippen LogP contribution < -0.4 is 10.6 Å². The largest absolute Gasteiger partial charge is 0.466 e. The van der Waals surface area contributed by atoms with Crippen molar-refractivity contribution < 1.29 is 19.1 Å². The number of piperidine rings is 1. The number of unbranched alkanes of at least 4 members (excludes halogenated alkanes) is 22. The number of nitrogens with one attached hydrogen (secondary N) is 2. The Morgan fingerprint density at radius 2 is 1.05 bits per heavy atom. The number of esters is 1.